The van der Waals surface area contributed by atoms with E-state index in [9.17, 15) is 4.79 Å². The van der Waals surface area contributed by atoms with Crippen LogP contribution in [0, 0.1) is 0 Å². The van der Waals surface area contributed by atoms with Gasteiger partial charge in [0.05, 0.1) is 12.3 Å². The molecular formula is C11H9NO2S. The third-order valence-electron chi connectivity index (χ3n) is 1.69. The van der Waals surface area contributed by atoms with E-state index in [1.165, 1.54) is 6.08 Å². The summed E-state index contributed by atoms with van der Waals surface area (Å²) in [4.78, 5) is 14.2. The second kappa shape index (κ2) is 5.86. The van der Waals surface area contributed by atoms with Crippen molar-refractivity contribution in [2.45, 2.75) is 0 Å². The molecule has 76 valence electrons. The summed E-state index contributed by atoms with van der Waals surface area (Å²) in [5.41, 5.74) is 0.892. The lowest BCUT2D eigenvalue weighted by atomic mass is 10.2. The molecule has 1 aromatic rings. The highest BCUT2D eigenvalue weighted by molar-refractivity contribution is 7.78. The summed E-state index contributed by atoms with van der Waals surface area (Å²) in [7, 11) is 1.60. The quantitative estimate of drug-likeness (QED) is 0.445. The van der Waals surface area contributed by atoms with Crippen LogP contribution in [-0.4, -0.2) is 18.2 Å². The van der Waals surface area contributed by atoms with Gasteiger partial charge in [-0.15, -0.1) is 0 Å². The van der Waals surface area contributed by atoms with E-state index in [0.29, 0.717) is 0 Å². The Morgan fingerprint density at radius 1 is 1.47 bits per heavy atom. The molecule has 0 aliphatic carbocycles. The van der Waals surface area contributed by atoms with Gasteiger partial charge in [0.2, 0.25) is 0 Å². The Hall–Kier alpha value is -1.77. The van der Waals surface area contributed by atoms with E-state index in [1.807, 2.05) is 29.4 Å². The standard InChI is InChI=1S/C11H9NO2S/c1-14-10-5-2-9(3-6-10)4-7-11(13)12-8-15/h2-7H,1H3. The number of carbonyl (C=O) groups is 1. The van der Waals surface area contributed by atoms with Crippen molar-refractivity contribution in [1.29, 1.82) is 0 Å². The molecule has 0 saturated carbocycles. The molecule has 0 fully saturated rings. The monoisotopic (exact) mass is 219 g/mol. The fourth-order valence-corrected chi connectivity index (χ4v) is 1.05. The molecule has 1 aromatic carbocycles. The molecule has 4 heteroatoms. The molecular weight excluding hydrogens is 210 g/mol. The summed E-state index contributed by atoms with van der Waals surface area (Å²) in [6, 6.07) is 7.30. The van der Waals surface area contributed by atoms with Crippen LogP contribution in [0.15, 0.2) is 35.3 Å². The van der Waals surface area contributed by atoms with E-state index in [0.717, 1.165) is 11.3 Å². The van der Waals surface area contributed by atoms with Crippen molar-refractivity contribution < 1.29 is 9.53 Å². The summed E-state index contributed by atoms with van der Waals surface area (Å²) in [6.45, 7) is 0. The predicted octanol–water partition coefficient (Wildman–Crippen LogP) is 2.34. The van der Waals surface area contributed by atoms with Crippen molar-refractivity contribution in [2.75, 3.05) is 7.11 Å². The van der Waals surface area contributed by atoms with Crippen LogP contribution < -0.4 is 4.74 Å². The number of thiocarbonyl (C=S) groups is 1. The number of isothiocyanates is 1. The Kier molecular flexibility index (Phi) is 4.41. The van der Waals surface area contributed by atoms with Crippen molar-refractivity contribution in [3.05, 3.63) is 35.9 Å². The summed E-state index contributed by atoms with van der Waals surface area (Å²) < 4.78 is 5.00. The fourth-order valence-electron chi connectivity index (χ4n) is 0.965. The van der Waals surface area contributed by atoms with Crippen molar-refractivity contribution in [1.82, 2.24) is 0 Å². The third kappa shape index (κ3) is 3.85. The second-order valence-electron chi connectivity index (χ2n) is 2.65. The summed E-state index contributed by atoms with van der Waals surface area (Å²) in [5, 5.41) is 2.01. The molecule has 0 saturated heterocycles. The van der Waals surface area contributed by atoms with Crippen LogP contribution in [0.4, 0.5) is 0 Å². The van der Waals surface area contributed by atoms with Crippen LogP contribution in [0.3, 0.4) is 0 Å². The minimum Gasteiger partial charge on any atom is -0.497 e. The number of hydrogen-bond acceptors (Lipinski definition) is 3. The lowest BCUT2D eigenvalue weighted by molar-refractivity contribution is -0.113. The highest BCUT2D eigenvalue weighted by Crippen LogP contribution is 2.12. The van der Waals surface area contributed by atoms with Gasteiger partial charge in [-0.2, -0.15) is 4.99 Å². The van der Waals surface area contributed by atoms with E-state index < -0.39 is 5.91 Å². The Balaban J connectivity index is 2.72. The number of hydrogen-bond donors (Lipinski definition) is 0. The molecule has 3 nitrogen and oxygen atoms in total. The van der Waals surface area contributed by atoms with Crippen LogP contribution in [0.5, 0.6) is 5.75 Å². The highest BCUT2D eigenvalue weighted by atomic mass is 32.1. The van der Waals surface area contributed by atoms with Gasteiger partial charge >= 0.3 is 0 Å². The van der Waals surface area contributed by atoms with Crippen LogP contribution in [0.25, 0.3) is 6.08 Å². The molecule has 0 heterocycles. The molecule has 1 rings (SSSR count). The maximum absolute atomic E-state index is 10.9. The summed E-state index contributed by atoms with van der Waals surface area (Å²) >= 11 is 4.30. The molecule has 0 N–H and O–H groups in total. The minimum absolute atomic E-state index is 0.416. The highest BCUT2D eigenvalue weighted by Gasteiger charge is 1.92. The zero-order chi connectivity index (χ0) is 11.1. The van der Waals surface area contributed by atoms with Crippen LogP contribution in [-0.2, 0) is 4.79 Å². The Morgan fingerprint density at radius 3 is 2.67 bits per heavy atom. The smallest absolute Gasteiger partial charge is 0.278 e. The van der Waals surface area contributed by atoms with Crippen molar-refractivity contribution in [3.63, 3.8) is 0 Å². The van der Waals surface area contributed by atoms with Gasteiger partial charge in [0.25, 0.3) is 5.91 Å². The van der Waals surface area contributed by atoms with Gasteiger partial charge in [-0.25, -0.2) is 0 Å². The summed E-state index contributed by atoms with van der Waals surface area (Å²) in [6.07, 6.45) is 2.99. The number of nitrogens with zero attached hydrogens (tertiary/aromatic N) is 1. The van der Waals surface area contributed by atoms with E-state index >= 15 is 0 Å². The van der Waals surface area contributed by atoms with Crippen molar-refractivity contribution >= 4 is 29.4 Å². The maximum Gasteiger partial charge on any atom is 0.278 e. The van der Waals surface area contributed by atoms with E-state index in [-0.39, 0.29) is 0 Å². The first-order valence-corrected chi connectivity index (χ1v) is 4.61. The topological polar surface area (TPSA) is 38.7 Å². The van der Waals surface area contributed by atoms with Gasteiger partial charge in [0.15, 0.2) is 0 Å². The largest absolute Gasteiger partial charge is 0.497 e. The Bertz CT molecular complexity index is 417. The lowest BCUT2D eigenvalue weighted by Gasteiger charge is -1.98. The number of amides is 1. The van der Waals surface area contributed by atoms with Crippen LogP contribution >= 0.6 is 12.2 Å². The number of rotatable bonds is 3. The Morgan fingerprint density at radius 2 is 2.13 bits per heavy atom. The van der Waals surface area contributed by atoms with Gasteiger partial charge < -0.3 is 4.74 Å². The van der Waals surface area contributed by atoms with Gasteiger partial charge in [-0.3, -0.25) is 4.79 Å². The molecule has 0 atom stereocenters. The van der Waals surface area contributed by atoms with Gasteiger partial charge in [0.1, 0.15) is 5.75 Å². The number of benzene rings is 1. The summed E-state index contributed by atoms with van der Waals surface area (Å²) in [5.74, 6) is 0.358. The molecule has 15 heavy (non-hydrogen) atoms. The van der Waals surface area contributed by atoms with Crippen molar-refractivity contribution in [3.8, 4) is 5.75 Å². The van der Waals surface area contributed by atoms with E-state index in [4.69, 9.17) is 4.74 Å². The first-order chi connectivity index (χ1) is 7.26. The second-order valence-corrected chi connectivity index (χ2v) is 2.83. The van der Waals surface area contributed by atoms with Crippen molar-refractivity contribution in [2.24, 2.45) is 4.99 Å². The van der Waals surface area contributed by atoms with E-state index in [1.54, 1.807) is 13.2 Å². The first-order valence-electron chi connectivity index (χ1n) is 4.20. The molecule has 0 spiro atoms. The molecule has 0 unspecified atom stereocenters. The zero-order valence-corrected chi connectivity index (χ0v) is 8.95. The van der Waals surface area contributed by atoms with Crippen LogP contribution in [0.1, 0.15) is 5.56 Å². The van der Waals surface area contributed by atoms with Crippen LogP contribution in [0.2, 0.25) is 0 Å². The first kappa shape index (κ1) is 11.3. The van der Waals surface area contributed by atoms with E-state index in [2.05, 4.69) is 17.2 Å². The Labute approximate surface area is 93.1 Å². The zero-order valence-electron chi connectivity index (χ0n) is 8.14. The normalized spacial score (nSPS) is 9.67. The third-order valence-corrected chi connectivity index (χ3v) is 1.78. The predicted molar refractivity (Wildman–Crippen MR) is 62.1 cm³/mol. The number of methoxy groups -OCH3 is 1. The van der Waals surface area contributed by atoms with Gasteiger partial charge in [0, 0.05) is 6.08 Å². The fraction of sp³-hybridized carbons (Fsp3) is 0.0909. The SMILES string of the molecule is COc1ccc(C=CC(=O)N=C=S)cc1. The van der Waals surface area contributed by atoms with Gasteiger partial charge in [-0.1, -0.05) is 12.1 Å². The maximum atomic E-state index is 10.9. The lowest BCUT2D eigenvalue weighted by Crippen LogP contribution is -1.84. The average Bonchev–Trinajstić information content (AvgIpc) is 2.27. The molecule has 1 amide bonds. The molecule has 0 aromatic heterocycles. The molecule has 0 bridgehead atoms. The molecule has 0 aliphatic heterocycles. The molecule has 0 radical (unpaired) electrons. The molecule has 0 aliphatic rings. The average molecular weight is 219 g/mol. The number of ether oxygens (including phenoxy) is 1. The minimum atomic E-state index is -0.416. The number of aliphatic imine (C=N–C) groups is 1. The van der Waals surface area contributed by atoms with Gasteiger partial charge in [-0.05, 0) is 36.0 Å². The number of carbonyl (C=O) groups excluding carboxylic acids is 1.